The molecule has 0 aliphatic carbocycles. The van der Waals surface area contributed by atoms with Crippen LogP contribution < -0.4 is 10.6 Å². The maximum atomic E-state index is 13.7. The molecule has 1 fully saturated rings. The second-order valence-electron chi connectivity index (χ2n) is 7.79. The molecule has 1 aliphatic rings. The van der Waals surface area contributed by atoms with E-state index in [-0.39, 0.29) is 35.7 Å². The fourth-order valence-corrected chi connectivity index (χ4v) is 3.89. The summed E-state index contributed by atoms with van der Waals surface area (Å²) in [5, 5.41) is 4.35. The van der Waals surface area contributed by atoms with Gasteiger partial charge in [0.2, 0.25) is 5.95 Å². The number of nitrogens with one attached hydrogen (secondary N) is 2. The molecule has 2 aromatic heterocycles. The van der Waals surface area contributed by atoms with Gasteiger partial charge in [0, 0.05) is 56.7 Å². The van der Waals surface area contributed by atoms with E-state index in [9.17, 15) is 31.9 Å². The molecule has 0 bridgehead atoms. The normalized spacial score (nSPS) is 15.7. The zero-order valence-electron chi connectivity index (χ0n) is 18.1. The minimum Gasteiger partial charge on any atom is -0.381 e. The van der Waals surface area contributed by atoms with Gasteiger partial charge in [-0.15, -0.1) is 0 Å². The lowest BCUT2D eigenvalue weighted by Gasteiger charge is -2.39. The second-order valence-corrected chi connectivity index (χ2v) is 7.79. The number of hydrogen-bond acceptors (Lipinski definition) is 5. The quantitative estimate of drug-likeness (QED) is 0.303. The van der Waals surface area contributed by atoms with Crippen LogP contribution in [-0.4, -0.2) is 52.1 Å². The standard InChI is InChI=1S/C21H22F4N4O4/c1-11-15(18(31)27-13-4-7-26-14(22)10-13)12(2)29(3)16(11)17(30)19(32)28-20(21(23,24)25)5-8-33-9-6-20/h4,7,10H,5-6,8-9H2,1-3H3,(H,28,32)(H,26,27,31). The molecule has 8 nitrogen and oxygen atoms in total. The van der Waals surface area contributed by atoms with Crippen molar-refractivity contribution in [2.24, 2.45) is 7.05 Å². The van der Waals surface area contributed by atoms with E-state index in [0.717, 1.165) is 12.3 Å². The average Bonchev–Trinajstić information content (AvgIpc) is 2.95. The van der Waals surface area contributed by atoms with Crippen molar-refractivity contribution in [1.29, 1.82) is 0 Å². The van der Waals surface area contributed by atoms with E-state index >= 15 is 0 Å². The van der Waals surface area contributed by atoms with Gasteiger partial charge in [0.25, 0.3) is 17.6 Å². The largest absolute Gasteiger partial charge is 0.411 e. The molecule has 0 unspecified atom stereocenters. The predicted molar refractivity (Wildman–Crippen MR) is 108 cm³/mol. The smallest absolute Gasteiger partial charge is 0.381 e. The van der Waals surface area contributed by atoms with Crippen molar-refractivity contribution in [2.75, 3.05) is 18.5 Å². The third-order valence-electron chi connectivity index (χ3n) is 5.81. The van der Waals surface area contributed by atoms with Crippen LogP contribution in [0, 0.1) is 19.8 Å². The zero-order valence-corrected chi connectivity index (χ0v) is 18.1. The van der Waals surface area contributed by atoms with Gasteiger partial charge in [0.1, 0.15) is 5.54 Å². The second kappa shape index (κ2) is 8.93. The van der Waals surface area contributed by atoms with Gasteiger partial charge in [-0.05, 0) is 25.5 Å². The van der Waals surface area contributed by atoms with Crippen LogP contribution in [0.2, 0.25) is 0 Å². The number of carbonyl (C=O) groups excluding carboxylic acids is 3. The number of carbonyl (C=O) groups is 3. The summed E-state index contributed by atoms with van der Waals surface area (Å²) in [7, 11) is 1.42. The van der Waals surface area contributed by atoms with Crippen LogP contribution >= 0.6 is 0 Å². The minimum absolute atomic E-state index is 0.0440. The van der Waals surface area contributed by atoms with Crippen molar-refractivity contribution in [3.05, 3.63) is 46.8 Å². The molecule has 2 N–H and O–H groups in total. The number of alkyl halides is 3. The number of ketones is 1. The average molecular weight is 470 g/mol. The van der Waals surface area contributed by atoms with Gasteiger partial charge in [0.05, 0.1) is 11.3 Å². The monoisotopic (exact) mass is 470 g/mol. The van der Waals surface area contributed by atoms with Gasteiger partial charge in [-0.3, -0.25) is 14.4 Å². The van der Waals surface area contributed by atoms with E-state index in [0.29, 0.717) is 5.69 Å². The van der Waals surface area contributed by atoms with E-state index in [1.54, 1.807) is 0 Å². The van der Waals surface area contributed by atoms with E-state index in [2.05, 4.69) is 10.3 Å². The summed E-state index contributed by atoms with van der Waals surface area (Å²) in [5.41, 5.74) is -2.23. The first-order chi connectivity index (χ1) is 15.4. The molecule has 0 atom stereocenters. The minimum atomic E-state index is -4.78. The van der Waals surface area contributed by atoms with Crippen LogP contribution in [-0.2, 0) is 16.6 Å². The molecule has 178 valence electrons. The lowest BCUT2D eigenvalue weighted by molar-refractivity contribution is -0.216. The van der Waals surface area contributed by atoms with Crippen LogP contribution in [0.5, 0.6) is 0 Å². The van der Waals surface area contributed by atoms with Crippen molar-refractivity contribution in [1.82, 2.24) is 14.9 Å². The molecule has 0 saturated carbocycles. The molecular formula is C21H22F4N4O4. The van der Waals surface area contributed by atoms with Gasteiger partial charge < -0.3 is 19.9 Å². The molecule has 3 heterocycles. The molecular weight excluding hydrogens is 448 g/mol. The number of Topliss-reactive ketones (excluding diaryl/α,β-unsaturated/α-hetero) is 1. The highest BCUT2D eigenvalue weighted by atomic mass is 19.4. The van der Waals surface area contributed by atoms with Crippen LogP contribution in [0.4, 0.5) is 23.2 Å². The first-order valence-electron chi connectivity index (χ1n) is 9.98. The number of nitrogens with zero attached hydrogens (tertiary/aromatic N) is 2. The molecule has 1 aliphatic heterocycles. The Bertz CT molecular complexity index is 1100. The van der Waals surface area contributed by atoms with Gasteiger partial charge in [-0.1, -0.05) is 0 Å². The van der Waals surface area contributed by atoms with Crippen molar-refractivity contribution in [3.8, 4) is 0 Å². The van der Waals surface area contributed by atoms with E-state index in [4.69, 9.17) is 4.74 Å². The Morgan fingerprint density at radius 2 is 1.82 bits per heavy atom. The third-order valence-corrected chi connectivity index (χ3v) is 5.81. The Balaban J connectivity index is 1.89. The highest BCUT2D eigenvalue weighted by Crippen LogP contribution is 2.38. The van der Waals surface area contributed by atoms with E-state index < -0.39 is 48.1 Å². The van der Waals surface area contributed by atoms with Gasteiger partial charge in [-0.2, -0.15) is 17.6 Å². The molecule has 33 heavy (non-hydrogen) atoms. The number of hydrogen-bond donors (Lipinski definition) is 2. The van der Waals surface area contributed by atoms with Crippen LogP contribution in [0.3, 0.4) is 0 Å². The van der Waals surface area contributed by atoms with Gasteiger partial charge in [0.15, 0.2) is 0 Å². The van der Waals surface area contributed by atoms with Crippen molar-refractivity contribution < 1.29 is 36.7 Å². The number of halogens is 4. The molecule has 0 radical (unpaired) electrons. The molecule has 0 aromatic carbocycles. The Morgan fingerprint density at radius 3 is 2.39 bits per heavy atom. The molecule has 12 heteroatoms. The summed E-state index contributed by atoms with van der Waals surface area (Å²) < 4.78 is 60.7. The summed E-state index contributed by atoms with van der Waals surface area (Å²) in [6.07, 6.45) is -4.66. The van der Waals surface area contributed by atoms with Crippen LogP contribution in [0.25, 0.3) is 0 Å². The number of anilines is 1. The number of aromatic nitrogens is 2. The van der Waals surface area contributed by atoms with Crippen molar-refractivity contribution >= 4 is 23.3 Å². The summed E-state index contributed by atoms with van der Waals surface area (Å²) in [5.74, 6) is -4.13. The maximum absolute atomic E-state index is 13.7. The first kappa shape index (κ1) is 24.4. The first-order valence-corrected chi connectivity index (χ1v) is 9.98. The molecule has 2 aromatic rings. The SMILES string of the molecule is Cc1c(C(=O)Nc2ccnc(F)c2)c(C)n(C)c1C(=O)C(=O)NC1(C(F)(F)F)CCOCC1. The zero-order chi connectivity index (χ0) is 24.6. The highest BCUT2D eigenvalue weighted by molar-refractivity contribution is 6.43. The lowest BCUT2D eigenvalue weighted by Crippen LogP contribution is -2.62. The predicted octanol–water partition coefficient (Wildman–Crippen LogP) is 2.84. The summed E-state index contributed by atoms with van der Waals surface area (Å²) >= 11 is 0. The van der Waals surface area contributed by atoms with Crippen molar-refractivity contribution in [3.63, 3.8) is 0 Å². The van der Waals surface area contributed by atoms with Gasteiger partial charge >= 0.3 is 6.18 Å². The summed E-state index contributed by atoms with van der Waals surface area (Å²) in [4.78, 5) is 41.7. The third kappa shape index (κ3) is 4.61. The molecule has 2 amide bonds. The number of rotatable bonds is 5. The Morgan fingerprint density at radius 1 is 1.18 bits per heavy atom. The number of ether oxygens (including phenoxy) is 1. The number of pyridine rings is 1. The fraction of sp³-hybridized carbons (Fsp3) is 0.429. The maximum Gasteiger partial charge on any atom is 0.411 e. The lowest BCUT2D eigenvalue weighted by atomic mass is 9.89. The highest BCUT2D eigenvalue weighted by Gasteiger charge is 2.56. The fourth-order valence-electron chi connectivity index (χ4n) is 3.89. The van der Waals surface area contributed by atoms with Gasteiger partial charge in [-0.25, -0.2) is 4.98 Å². The summed E-state index contributed by atoms with van der Waals surface area (Å²) in [6.45, 7) is 2.50. The molecule has 3 rings (SSSR count). The number of amides is 2. The van der Waals surface area contributed by atoms with E-state index in [1.807, 2.05) is 5.32 Å². The Kier molecular flexibility index (Phi) is 6.59. The Labute approximate surface area is 186 Å². The molecule has 1 saturated heterocycles. The topological polar surface area (TPSA) is 102 Å². The van der Waals surface area contributed by atoms with Crippen LogP contribution in [0.1, 0.15) is 44.9 Å². The van der Waals surface area contributed by atoms with E-state index in [1.165, 1.54) is 31.5 Å². The Hall–Kier alpha value is -3.28. The van der Waals surface area contributed by atoms with Crippen LogP contribution in [0.15, 0.2) is 18.3 Å². The van der Waals surface area contributed by atoms with Crippen molar-refractivity contribution in [2.45, 2.75) is 38.4 Å². The summed E-state index contributed by atoms with van der Waals surface area (Å²) in [6, 6.07) is 2.36. The molecule has 0 spiro atoms.